The Kier molecular flexibility index (Phi) is 6.50. The van der Waals surface area contributed by atoms with Gasteiger partial charge in [0, 0.05) is 0 Å². The number of carbonyl (C=O) groups is 1. The maximum atomic E-state index is 13.6. The van der Waals surface area contributed by atoms with Crippen LogP contribution >= 0.6 is 11.3 Å². The Labute approximate surface area is 206 Å². The topological polar surface area (TPSA) is 94.8 Å². The smallest absolute Gasteiger partial charge is 0.297 e. The van der Waals surface area contributed by atoms with E-state index < -0.39 is 11.9 Å². The summed E-state index contributed by atoms with van der Waals surface area (Å²) in [6.45, 7) is 2.76. The van der Waals surface area contributed by atoms with E-state index in [-0.39, 0.29) is 16.8 Å². The summed E-state index contributed by atoms with van der Waals surface area (Å²) < 4.78 is 17.5. The van der Waals surface area contributed by atoms with Crippen molar-refractivity contribution in [2.24, 2.45) is 0 Å². The minimum atomic E-state index is -0.737. The Balaban J connectivity index is 1.59. The first kappa shape index (κ1) is 23.0. The molecule has 35 heavy (non-hydrogen) atoms. The number of para-hydroxylation sites is 1. The van der Waals surface area contributed by atoms with Crippen molar-refractivity contribution in [2.75, 3.05) is 18.6 Å². The lowest BCUT2D eigenvalue weighted by molar-refractivity contribution is 0.0970. The van der Waals surface area contributed by atoms with Gasteiger partial charge in [0.1, 0.15) is 11.1 Å². The average molecular weight is 492 g/mol. The summed E-state index contributed by atoms with van der Waals surface area (Å²) in [7, 11) is 1.57. The Bertz CT molecular complexity index is 1420. The minimum Gasteiger partial charge on any atom is -0.493 e. The molecule has 0 saturated carbocycles. The van der Waals surface area contributed by atoms with Crippen molar-refractivity contribution in [1.29, 1.82) is 0 Å². The fraction of sp³-hybridized carbons (Fsp3) is 0.308. The van der Waals surface area contributed by atoms with Gasteiger partial charge in [-0.05, 0) is 36.2 Å². The number of anilines is 1. The fourth-order valence-electron chi connectivity index (χ4n) is 4.39. The van der Waals surface area contributed by atoms with Gasteiger partial charge in [-0.15, -0.1) is 10.2 Å². The molecule has 0 spiro atoms. The summed E-state index contributed by atoms with van der Waals surface area (Å²) in [5, 5.41) is 8.80. The molecule has 2 aromatic carbocycles. The standard InChI is InChI=1S/C26H25N3O5S/c1-3-4-5-8-13-33-19-12-11-16(14-20(19)32-2)22-21-23(30)17-9-6-7-10-18(17)34-24(21)25(31)29(22)26-28-27-15-35-26/h6-7,9-12,14-15,22H,3-5,8,13H2,1-2H3. The predicted octanol–water partition coefficient (Wildman–Crippen LogP) is 5.36. The van der Waals surface area contributed by atoms with Crippen molar-refractivity contribution in [1.82, 2.24) is 10.2 Å². The molecule has 3 heterocycles. The first-order chi connectivity index (χ1) is 17.1. The quantitative estimate of drug-likeness (QED) is 0.291. The third-order valence-electron chi connectivity index (χ3n) is 6.09. The maximum Gasteiger partial charge on any atom is 0.297 e. The highest BCUT2D eigenvalue weighted by Crippen LogP contribution is 2.43. The average Bonchev–Trinajstić information content (AvgIpc) is 3.51. The second-order valence-electron chi connectivity index (χ2n) is 8.29. The number of methoxy groups -OCH3 is 1. The molecule has 5 rings (SSSR count). The number of rotatable bonds is 9. The summed E-state index contributed by atoms with van der Waals surface area (Å²) in [4.78, 5) is 28.6. The van der Waals surface area contributed by atoms with E-state index in [4.69, 9.17) is 13.9 Å². The van der Waals surface area contributed by atoms with Gasteiger partial charge in [-0.3, -0.25) is 14.5 Å². The molecule has 0 bridgehead atoms. The number of aromatic nitrogens is 2. The van der Waals surface area contributed by atoms with Crippen molar-refractivity contribution < 1.29 is 18.7 Å². The van der Waals surface area contributed by atoms with Gasteiger partial charge in [0.25, 0.3) is 5.91 Å². The molecule has 9 heteroatoms. The van der Waals surface area contributed by atoms with Crippen molar-refractivity contribution in [3.63, 3.8) is 0 Å². The van der Waals surface area contributed by atoms with Crippen LogP contribution in [0, 0.1) is 0 Å². The Hall–Kier alpha value is -3.72. The zero-order valence-corrected chi connectivity index (χ0v) is 20.3. The van der Waals surface area contributed by atoms with Crippen molar-refractivity contribution in [3.8, 4) is 11.5 Å². The number of benzene rings is 2. The molecule has 0 radical (unpaired) electrons. The fourth-order valence-corrected chi connectivity index (χ4v) is 4.97. The van der Waals surface area contributed by atoms with Crippen molar-refractivity contribution in [2.45, 2.75) is 38.6 Å². The van der Waals surface area contributed by atoms with Gasteiger partial charge >= 0.3 is 0 Å². The van der Waals surface area contributed by atoms with E-state index >= 15 is 0 Å². The zero-order valence-electron chi connectivity index (χ0n) is 19.5. The Morgan fingerprint density at radius 3 is 2.71 bits per heavy atom. The van der Waals surface area contributed by atoms with E-state index in [0.29, 0.717) is 39.8 Å². The molecule has 1 atom stereocenters. The van der Waals surface area contributed by atoms with Crippen LogP contribution in [0.3, 0.4) is 0 Å². The molecular formula is C26H25N3O5S. The normalized spacial score (nSPS) is 15.0. The van der Waals surface area contributed by atoms with E-state index in [2.05, 4.69) is 17.1 Å². The Morgan fingerprint density at radius 2 is 1.94 bits per heavy atom. The van der Waals surface area contributed by atoms with E-state index in [1.165, 1.54) is 22.7 Å². The number of carbonyl (C=O) groups excluding carboxylic acids is 1. The van der Waals surface area contributed by atoms with Crippen LogP contribution in [0.15, 0.2) is 57.2 Å². The van der Waals surface area contributed by atoms with Gasteiger partial charge in [0.2, 0.25) is 10.9 Å². The molecule has 0 N–H and O–H groups in total. The van der Waals surface area contributed by atoms with Crippen LogP contribution in [0.4, 0.5) is 5.13 Å². The molecule has 1 aliphatic heterocycles. The molecule has 1 aliphatic rings. The second kappa shape index (κ2) is 9.87. The molecule has 2 aromatic heterocycles. The first-order valence-electron chi connectivity index (χ1n) is 11.6. The predicted molar refractivity (Wildman–Crippen MR) is 134 cm³/mol. The summed E-state index contributed by atoms with van der Waals surface area (Å²) in [5.41, 5.74) is 2.63. The lowest BCUT2D eigenvalue weighted by Gasteiger charge is -2.23. The van der Waals surface area contributed by atoms with Gasteiger partial charge in [0.05, 0.1) is 30.7 Å². The third-order valence-corrected chi connectivity index (χ3v) is 6.78. The lowest BCUT2D eigenvalue weighted by Crippen LogP contribution is -2.29. The number of hydrogen-bond acceptors (Lipinski definition) is 8. The molecule has 0 aliphatic carbocycles. The highest BCUT2D eigenvalue weighted by Gasteiger charge is 2.45. The highest BCUT2D eigenvalue weighted by molar-refractivity contribution is 7.13. The molecule has 0 fully saturated rings. The summed E-state index contributed by atoms with van der Waals surface area (Å²) in [6.07, 6.45) is 4.40. The molecular weight excluding hydrogens is 466 g/mol. The molecule has 0 saturated heterocycles. The molecule has 1 unspecified atom stereocenters. The molecule has 1 amide bonds. The van der Waals surface area contributed by atoms with E-state index in [9.17, 15) is 9.59 Å². The van der Waals surface area contributed by atoms with Crippen molar-refractivity contribution in [3.05, 3.63) is 75.1 Å². The second-order valence-corrected chi connectivity index (χ2v) is 9.10. The number of fused-ring (bicyclic) bond motifs is 2. The Morgan fingerprint density at radius 1 is 1.09 bits per heavy atom. The lowest BCUT2D eigenvalue weighted by atomic mass is 9.98. The van der Waals surface area contributed by atoms with Gasteiger partial charge in [-0.1, -0.05) is 55.7 Å². The summed E-state index contributed by atoms with van der Waals surface area (Å²) >= 11 is 1.22. The minimum absolute atomic E-state index is 0.0177. The van der Waals surface area contributed by atoms with Crippen LogP contribution < -0.4 is 19.8 Å². The summed E-state index contributed by atoms with van der Waals surface area (Å²) in [6, 6.07) is 11.7. The van der Waals surface area contributed by atoms with Crippen LogP contribution in [0.1, 0.15) is 60.3 Å². The molecule has 4 aromatic rings. The number of nitrogens with zero attached hydrogens (tertiary/aromatic N) is 3. The number of unbranched alkanes of at least 4 members (excludes halogenated alkanes) is 3. The van der Waals surface area contributed by atoms with Gasteiger partial charge < -0.3 is 13.9 Å². The SMILES string of the molecule is CCCCCCOc1ccc(C2c3c(oc4ccccc4c3=O)C(=O)N2c2nncs2)cc1OC. The summed E-state index contributed by atoms with van der Waals surface area (Å²) in [5.74, 6) is 0.732. The first-order valence-corrected chi connectivity index (χ1v) is 12.5. The number of hydrogen-bond donors (Lipinski definition) is 0. The van der Waals surface area contributed by atoms with Crippen LogP contribution in [0.5, 0.6) is 11.5 Å². The molecule has 180 valence electrons. The van der Waals surface area contributed by atoms with E-state index in [1.54, 1.807) is 43.0 Å². The van der Waals surface area contributed by atoms with Gasteiger partial charge in [-0.2, -0.15) is 0 Å². The maximum absolute atomic E-state index is 13.6. The van der Waals surface area contributed by atoms with Crippen molar-refractivity contribution >= 4 is 33.3 Å². The van der Waals surface area contributed by atoms with Gasteiger partial charge in [-0.25, -0.2) is 0 Å². The monoisotopic (exact) mass is 491 g/mol. The largest absolute Gasteiger partial charge is 0.493 e. The number of ether oxygens (including phenoxy) is 2. The van der Waals surface area contributed by atoms with E-state index in [1.807, 2.05) is 12.1 Å². The van der Waals surface area contributed by atoms with Gasteiger partial charge in [0.15, 0.2) is 16.9 Å². The van der Waals surface area contributed by atoms with Crippen LogP contribution in [-0.2, 0) is 0 Å². The van der Waals surface area contributed by atoms with Crippen LogP contribution in [-0.4, -0.2) is 29.8 Å². The number of amides is 1. The van der Waals surface area contributed by atoms with E-state index in [0.717, 1.165) is 19.3 Å². The highest BCUT2D eigenvalue weighted by atomic mass is 32.1. The zero-order chi connectivity index (χ0) is 24.4. The molecule has 8 nitrogen and oxygen atoms in total. The van der Waals surface area contributed by atoms with Crippen LogP contribution in [0.25, 0.3) is 11.0 Å². The van der Waals surface area contributed by atoms with Crippen LogP contribution in [0.2, 0.25) is 0 Å². The third kappa shape index (κ3) is 4.16.